The van der Waals surface area contributed by atoms with Crippen molar-refractivity contribution in [1.82, 2.24) is 9.97 Å². The van der Waals surface area contributed by atoms with Gasteiger partial charge < -0.3 is 4.74 Å². The van der Waals surface area contributed by atoms with E-state index in [-0.39, 0.29) is 0 Å². The molecule has 0 aliphatic heterocycles. The van der Waals surface area contributed by atoms with Crippen molar-refractivity contribution in [3.8, 4) is 11.6 Å². The molecule has 2 rings (SSSR count). The molecule has 5 heteroatoms. The molecule has 0 bridgehead atoms. The van der Waals surface area contributed by atoms with Crippen LogP contribution in [0.1, 0.15) is 25.2 Å². The van der Waals surface area contributed by atoms with Crippen LogP contribution in [-0.2, 0) is 12.8 Å². The minimum Gasteiger partial charge on any atom is -0.439 e. The van der Waals surface area contributed by atoms with E-state index in [0.29, 0.717) is 29.0 Å². The number of halogens is 2. The van der Waals surface area contributed by atoms with Crippen molar-refractivity contribution in [2.75, 3.05) is 0 Å². The molecule has 0 aliphatic carbocycles. The maximum atomic E-state index is 6.07. The van der Waals surface area contributed by atoms with Crippen molar-refractivity contribution < 1.29 is 4.74 Å². The Morgan fingerprint density at radius 2 is 1.84 bits per heavy atom. The van der Waals surface area contributed by atoms with Gasteiger partial charge in [-0.1, -0.05) is 37.0 Å². The van der Waals surface area contributed by atoms with E-state index < -0.39 is 0 Å². The Kier molecular flexibility index (Phi) is 4.61. The average Bonchev–Trinajstić information content (AvgIpc) is 2.40. The zero-order valence-corrected chi connectivity index (χ0v) is 12.3. The molecule has 1 heterocycles. The quantitative estimate of drug-likeness (QED) is 0.767. The van der Waals surface area contributed by atoms with Gasteiger partial charge in [-0.2, -0.15) is 4.98 Å². The van der Waals surface area contributed by atoms with Crippen molar-refractivity contribution in [3.05, 3.63) is 45.8 Å². The van der Waals surface area contributed by atoms with Gasteiger partial charge in [0.05, 0.1) is 0 Å². The molecule has 0 fully saturated rings. The molecule has 0 atom stereocenters. The smallest absolute Gasteiger partial charge is 0.224 e. The molecule has 0 aliphatic rings. The highest BCUT2D eigenvalue weighted by atomic mass is 35.5. The summed E-state index contributed by atoms with van der Waals surface area (Å²) in [4.78, 5) is 8.37. The van der Waals surface area contributed by atoms with Crippen molar-refractivity contribution in [2.24, 2.45) is 0 Å². The Balaban J connectivity index is 2.28. The second kappa shape index (κ2) is 6.22. The third-order valence-electron chi connectivity index (χ3n) is 2.65. The summed E-state index contributed by atoms with van der Waals surface area (Å²) in [6, 6.07) is 7.13. The molecule has 100 valence electrons. The van der Waals surface area contributed by atoms with Gasteiger partial charge in [0.25, 0.3) is 0 Å². The standard InChI is InChI=1S/C14H14Cl2N2O/c1-3-9-7-10(5-6-11(9)15)19-14-8-12(16)17-13(4-2)18-14/h5-8H,3-4H2,1-2H3. The first-order valence-corrected chi connectivity index (χ1v) is 6.87. The molecule has 1 aromatic heterocycles. The minimum atomic E-state index is 0.381. The molecule has 0 saturated carbocycles. The third kappa shape index (κ3) is 3.58. The van der Waals surface area contributed by atoms with Gasteiger partial charge >= 0.3 is 0 Å². The maximum absolute atomic E-state index is 6.07. The lowest BCUT2D eigenvalue weighted by Crippen LogP contribution is -1.96. The van der Waals surface area contributed by atoms with Crippen LogP contribution in [0.3, 0.4) is 0 Å². The van der Waals surface area contributed by atoms with E-state index >= 15 is 0 Å². The zero-order chi connectivity index (χ0) is 13.8. The fraction of sp³-hybridized carbons (Fsp3) is 0.286. The second-order valence-corrected chi connectivity index (χ2v) is 4.80. The first-order valence-electron chi connectivity index (χ1n) is 6.12. The summed E-state index contributed by atoms with van der Waals surface area (Å²) in [6.45, 7) is 4.01. The fourth-order valence-corrected chi connectivity index (χ4v) is 2.10. The van der Waals surface area contributed by atoms with E-state index in [4.69, 9.17) is 27.9 Å². The Morgan fingerprint density at radius 3 is 2.53 bits per heavy atom. The van der Waals surface area contributed by atoms with E-state index in [2.05, 4.69) is 9.97 Å². The molecule has 0 N–H and O–H groups in total. The van der Waals surface area contributed by atoms with Crippen LogP contribution in [0.25, 0.3) is 0 Å². The summed E-state index contributed by atoms with van der Waals surface area (Å²) >= 11 is 12.0. The van der Waals surface area contributed by atoms with Gasteiger partial charge in [0.2, 0.25) is 5.88 Å². The van der Waals surface area contributed by atoms with Crippen LogP contribution < -0.4 is 4.74 Å². The molecule has 0 spiro atoms. The van der Waals surface area contributed by atoms with Gasteiger partial charge in [-0.15, -0.1) is 0 Å². The van der Waals surface area contributed by atoms with E-state index in [9.17, 15) is 0 Å². The van der Waals surface area contributed by atoms with Gasteiger partial charge in [0.1, 0.15) is 16.7 Å². The van der Waals surface area contributed by atoms with E-state index in [1.54, 1.807) is 6.07 Å². The molecular weight excluding hydrogens is 283 g/mol. The normalized spacial score (nSPS) is 10.5. The van der Waals surface area contributed by atoms with E-state index in [1.807, 2.05) is 32.0 Å². The van der Waals surface area contributed by atoms with Crippen molar-refractivity contribution in [1.29, 1.82) is 0 Å². The molecular formula is C14H14Cl2N2O. The summed E-state index contributed by atoms with van der Waals surface area (Å²) < 4.78 is 5.70. The van der Waals surface area contributed by atoms with E-state index in [1.165, 1.54) is 0 Å². The van der Waals surface area contributed by atoms with Crippen LogP contribution in [0.4, 0.5) is 0 Å². The van der Waals surface area contributed by atoms with E-state index in [0.717, 1.165) is 17.0 Å². The Bertz CT molecular complexity index is 588. The summed E-state index contributed by atoms with van der Waals surface area (Å²) in [5, 5.41) is 1.12. The van der Waals surface area contributed by atoms with Gasteiger partial charge in [-0.05, 0) is 30.2 Å². The molecule has 2 aromatic rings. The van der Waals surface area contributed by atoms with Gasteiger partial charge in [0, 0.05) is 17.5 Å². The van der Waals surface area contributed by atoms with Crippen molar-refractivity contribution in [2.45, 2.75) is 26.7 Å². The topological polar surface area (TPSA) is 35.0 Å². The van der Waals surface area contributed by atoms with Crippen LogP contribution in [0.2, 0.25) is 10.2 Å². The van der Waals surface area contributed by atoms with Gasteiger partial charge in [-0.25, -0.2) is 4.98 Å². The van der Waals surface area contributed by atoms with Crippen LogP contribution >= 0.6 is 23.2 Å². The lowest BCUT2D eigenvalue weighted by molar-refractivity contribution is 0.458. The molecule has 0 radical (unpaired) electrons. The first kappa shape index (κ1) is 14.1. The number of nitrogens with zero attached hydrogens (tertiary/aromatic N) is 2. The highest BCUT2D eigenvalue weighted by Crippen LogP contribution is 2.26. The highest BCUT2D eigenvalue weighted by Gasteiger charge is 2.06. The summed E-state index contributed by atoms with van der Waals surface area (Å²) in [5.74, 6) is 1.80. The lowest BCUT2D eigenvalue weighted by atomic mass is 10.1. The Morgan fingerprint density at radius 1 is 1.05 bits per heavy atom. The Hall–Kier alpha value is -1.32. The van der Waals surface area contributed by atoms with Crippen LogP contribution in [0.15, 0.2) is 24.3 Å². The number of hydrogen-bond acceptors (Lipinski definition) is 3. The summed E-state index contributed by atoms with van der Waals surface area (Å²) in [5.41, 5.74) is 1.04. The SMILES string of the molecule is CCc1nc(Cl)cc(Oc2ccc(Cl)c(CC)c2)n1. The average molecular weight is 297 g/mol. The minimum absolute atomic E-state index is 0.381. The third-order valence-corrected chi connectivity index (χ3v) is 3.22. The predicted molar refractivity (Wildman–Crippen MR) is 77.3 cm³/mol. The second-order valence-electron chi connectivity index (χ2n) is 4.01. The van der Waals surface area contributed by atoms with Gasteiger partial charge in [0.15, 0.2) is 0 Å². The van der Waals surface area contributed by atoms with Crippen LogP contribution in [-0.4, -0.2) is 9.97 Å². The number of aryl methyl sites for hydroxylation is 2. The number of benzene rings is 1. The number of rotatable bonds is 4. The van der Waals surface area contributed by atoms with Crippen LogP contribution in [0, 0.1) is 0 Å². The monoisotopic (exact) mass is 296 g/mol. The predicted octanol–water partition coefficient (Wildman–Crippen LogP) is 4.70. The fourth-order valence-electron chi connectivity index (χ4n) is 1.66. The molecule has 3 nitrogen and oxygen atoms in total. The maximum Gasteiger partial charge on any atom is 0.224 e. The number of aromatic nitrogens is 2. The van der Waals surface area contributed by atoms with Crippen molar-refractivity contribution >= 4 is 23.2 Å². The number of hydrogen-bond donors (Lipinski definition) is 0. The largest absolute Gasteiger partial charge is 0.439 e. The summed E-state index contributed by atoms with van der Waals surface area (Å²) in [6.07, 6.45) is 1.55. The van der Waals surface area contributed by atoms with Crippen LogP contribution in [0.5, 0.6) is 11.6 Å². The highest BCUT2D eigenvalue weighted by molar-refractivity contribution is 6.31. The molecule has 1 aromatic carbocycles. The van der Waals surface area contributed by atoms with Gasteiger partial charge in [-0.3, -0.25) is 0 Å². The number of ether oxygens (including phenoxy) is 1. The Labute approximate surface area is 122 Å². The lowest BCUT2D eigenvalue weighted by Gasteiger charge is -2.08. The molecule has 0 amide bonds. The zero-order valence-electron chi connectivity index (χ0n) is 10.8. The van der Waals surface area contributed by atoms with Crippen molar-refractivity contribution in [3.63, 3.8) is 0 Å². The first-order chi connectivity index (χ1) is 9.12. The molecule has 0 unspecified atom stereocenters. The molecule has 19 heavy (non-hydrogen) atoms. The summed E-state index contributed by atoms with van der Waals surface area (Å²) in [7, 11) is 0. The molecule has 0 saturated heterocycles.